The van der Waals surface area contributed by atoms with Crippen molar-refractivity contribution in [1.29, 1.82) is 0 Å². The first-order valence-electron chi connectivity index (χ1n) is 15.1. The van der Waals surface area contributed by atoms with Gasteiger partial charge in [0.15, 0.2) is 5.65 Å². The molecule has 0 amide bonds. The van der Waals surface area contributed by atoms with Gasteiger partial charge in [0.2, 0.25) is 11.7 Å². The quantitative estimate of drug-likeness (QED) is 0.0750. The number of nitrogens with two attached hydrogens (primary N) is 1. The minimum absolute atomic E-state index is 0.0174. The third-order valence-electron chi connectivity index (χ3n) is 7.73. The first-order chi connectivity index (χ1) is 20.9. The molecule has 15 nitrogen and oxygen atoms in total. The van der Waals surface area contributed by atoms with Crippen LogP contribution in [-0.4, -0.2) is 90.8 Å². The van der Waals surface area contributed by atoms with Gasteiger partial charge in [0.25, 0.3) is 0 Å². The molecule has 254 valence electrons. The lowest BCUT2D eigenvalue weighted by Crippen LogP contribution is -2.55. The summed E-state index contributed by atoms with van der Waals surface area (Å²) < 4.78 is 33.1. The van der Waals surface area contributed by atoms with E-state index in [4.69, 9.17) is 19.7 Å². The second-order valence-corrected chi connectivity index (χ2v) is 15.0. The zero-order valence-corrected chi connectivity index (χ0v) is 29.1. The second-order valence-electron chi connectivity index (χ2n) is 12.3. The Balaban J connectivity index is 1.98. The molecule has 0 aromatic carbocycles. The molecule has 0 radical (unpaired) electrons. The average molecular weight is 674 g/mol. The van der Waals surface area contributed by atoms with Gasteiger partial charge in [0.05, 0.1) is 25.6 Å². The largest absolute Gasteiger partial charge is 0.465 e. The van der Waals surface area contributed by atoms with Gasteiger partial charge in [-0.1, -0.05) is 34.6 Å². The van der Waals surface area contributed by atoms with Crippen LogP contribution >= 0.6 is 19.4 Å². The SMILES string of the molecule is CCOC(=O)C(CC(C)C)NP(=O)(NC(C(=O)CC)C(C)C)OCC1OC(C)(C)C(O)(n2cnc3c(SC)nc(N)nc32)C1O. The molecule has 0 saturated carbocycles. The van der Waals surface area contributed by atoms with Crippen molar-refractivity contribution in [1.82, 2.24) is 29.7 Å². The summed E-state index contributed by atoms with van der Waals surface area (Å²) in [5.41, 5.74) is 2.92. The normalized spacial score (nSPS) is 24.2. The van der Waals surface area contributed by atoms with Crippen LogP contribution in [0.1, 0.15) is 68.2 Å². The number of hydrogen-bond acceptors (Lipinski definition) is 13. The van der Waals surface area contributed by atoms with Crippen molar-refractivity contribution in [2.45, 2.75) is 109 Å². The average Bonchev–Trinajstić information content (AvgIpc) is 3.46. The zero-order valence-electron chi connectivity index (χ0n) is 27.4. The Hall–Kier alpha value is -2.17. The third-order valence-corrected chi connectivity index (χ3v) is 10.2. The van der Waals surface area contributed by atoms with E-state index in [1.54, 1.807) is 47.8 Å². The highest BCUT2D eigenvalue weighted by Crippen LogP contribution is 2.47. The number of anilines is 1. The molecule has 3 rings (SSSR count). The predicted molar refractivity (Wildman–Crippen MR) is 170 cm³/mol. The summed E-state index contributed by atoms with van der Waals surface area (Å²) in [5.74, 6) is -1.11. The number of Topliss-reactive ketones (excluding diaryl/α,β-unsaturated/α-hetero) is 1. The fourth-order valence-electron chi connectivity index (χ4n) is 5.39. The van der Waals surface area contributed by atoms with E-state index in [0.29, 0.717) is 10.5 Å². The number of aliphatic hydroxyl groups excluding tert-OH is 1. The van der Waals surface area contributed by atoms with Gasteiger partial charge >= 0.3 is 13.6 Å². The van der Waals surface area contributed by atoms with E-state index < -0.39 is 55.9 Å². The highest BCUT2D eigenvalue weighted by Gasteiger charge is 2.62. The Morgan fingerprint density at radius 2 is 1.89 bits per heavy atom. The topological polar surface area (TPSA) is 213 Å². The number of imidazole rings is 1. The number of ketones is 1. The van der Waals surface area contributed by atoms with E-state index in [0.717, 1.165) is 0 Å². The monoisotopic (exact) mass is 673 g/mol. The Morgan fingerprint density at radius 3 is 2.44 bits per heavy atom. The van der Waals surface area contributed by atoms with Gasteiger partial charge in [-0.3, -0.25) is 18.7 Å². The van der Waals surface area contributed by atoms with Crippen molar-refractivity contribution in [2.24, 2.45) is 11.8 Å². The standard InChI is InChI=1S/C28H48N7O8PS/c1-10-18(36)20(16(5)6)34-44(40,33-17(12-15(3)4)25(38)41-11-2)42-13-19-22(37)28(39,27(7,8)43-19)35-14-30-21-23(35)31-26(29)32-24(21)45-9/h14-17,19-20,22,37,39H,10-13H2,1-9H3,(H2,29,31,32)(H2,33,34,40). The summed E-state index contributed by atoms with van der Waals surface area (Å²) >= 11 is 1.30. The molecule has 1 aliphatic heterocycles. The summed E-state index contributed by atoms with van der Waals surface area (Å²) in [7, 11) is -4.22. The van der Waals surface area contributed by atoms with E-state index in [1.165, 1.54) is 22.7 Å². The Morgan fingerprint density at radius 1 is 1.22 bits per heavy atom. The molecule has 0 aliphatic carbocycles. The van der Waals surface area contributed by atoms with Crippen molar-refractivity contribution >= 4 is 48.3 Å². The summed E-state index contributed by atoms with van der Waals surface area (Å²) in [6.45, 7) is 13.5. The minimum atomic E-state index is -4.22. The molecule has 6 N–H and O–H groups in total. The number of aliphatic hydroxyl groups is 2. The molecule has 1 fully saturated rings. The van der Waals surface area contributed by atoms with Gasteiger partial charge in [-0.2, -0.15) is 4.98 Å². The molecule has 6 atom stereocenters. The maximum absolute atomic E-state index is 14.5. The molecule has 0 bridgehead atoms. The third kappa shape index (κ3) is 7.87. The molecule has 45 heavy (non-hydrogen) atoms. The van der Waals surface area contributed by atoms with Crippen molar-refractivity contribution in [3.05, 3.63) is 6.33 Å². The second kappa shape index (κ2) is 14.7. The van der Waals surface area contributed by atoms with Crippen LogP contribution in [0.3, 0.4) is 0 Å². The Labute approximate surface area is 268 Å². The van der Waals surface area contributed by atoms with E-state index in [-0.39, 0.29) is 48.7 Å². The molecule has 2 aromatic rings. The number of carbonyl (C=O) groups is 2. The fraction of sp³-hybridized carbons (Fsp3) is 0.750. The summed E-state index contributed by atoms with van der Waals surface area (Å²) in [5, 5.41) is 29.8. The lowest BCUT2D eigenvalue weighted by Gasteiger charge is -2.37. The van der Waals surface area contributed by atoms with Gasteiger partial charge < -0.3 is 29.9 Å². The minimum Gasteiger partial charge on any atom is -0.465 e. The van der Waals surface area contributed by atoms with E-state index >= 15 is 0 Å². The first-order valence-corrected chi connectivity index (χ1v) is 17.9. The van der Waals surface area contributed by atoms with Crippen LogP contribution in [0.15, 0.2) is 11.4 Å². The number of nitrogens with one attached hydrogen (secondary N) is 2. The number of fused-ring (bicyclic) bond motifs is 1. The number of carbonyl (C=O) groups excluding carboxylic acids is 2. The number of esters is 1. The van der Waals surface area contributed by atoms with Gasteiger partial charge in [0.1, 0.15) is 40.2 Å². The molecule has 17 heteroatoms. The van der Waals surface area contributed by atoms with Crippen molar-refractivity contribution in [3.8, 4) is 0 Å². The lowest BCUT2D eigenvalue weighted by molar-refractivity contribution is -0.176. The molecule has 2 aromatic heterocycles. The Kier molecular flexibility index (Phi) is 12.2. The number of hydrogen-bond donors (Lipinski definition) is 5. The zero-order chi connectivity index (χ0) is 33.9. The summed E-state index contributed by atoms with van der Waals surface area (Å²) in [6, 6.07) is -1.89. The Bertz CT molecular complexity index is 1410. The number of thioether (sulfide) groups is 1. The molecule has 1 saturated heterocycles. The lowest BCUT2D eigenvalue weighted by atomic mass is 9.90. The van der Waals surface area contributed by atoms with Crippen LogP contribution in [0, 0.1) is 11.8 Å². The van der Waals surface area contributed by atoms with Crippen molar-refractivity contribution in [3.63, 3.8) is 0 Å². The van der Waals surface area contributed by atoms with Crippen LogP contribution in [0.25, 0.3) is 11.2 Å². The van der Waals surface area contributed by atoms with Crippen molar-refractivity contribution < 1.29 is 38.4 Å². The molecule has 3 heterocycles. The van der Waals surface area contributed by atoms with Gasteiger partial charge in [-0.05, 0) is 45.3 Å². The predicted octanol–water partition coefficient (Wildman–Crippen LogP) is 2.60. The molecular weight excluding hydrogens is 625 g/mol. The first kappa shape index (κ1) is 37.3. The van der Waals surface area contributed by atoms with E-state index in [1.807, 2.05) is 13.8 Å². The highest BCUT2D eigenvalue weighted by molar-refractivity contribution is 7.98. The highest BCUT2D eigenvalue weighted by atomic mass is 32.2. The number of ether oxygens (including phenoxy) is 2. The van der Waals surface area contributed by atoms with E-state index in [2.05, 4.69) is 25.1 Å². The van der Waals surface area contributed by atoms with Crippen LogP contribution < -0.4 is 15.9 Å². The number of nitrogen functional groups attached to an aromatic ring is 1. The van der Waals surface area contributed by atoms with Crippen molar-refractivity contribution in [2.75, 3.05) is 25.2 Å². The van der Waals surface area contributed by atoms with Crippen LogP contribution in [0.2, 0.25) is 0 Å². The number of nitrogens with zero attached hydrogens (tertiary/aromatic N) is 4. The van der Waals surface area contributed by atoms with Crippen LogP contribution in [-0.2, 0) is 33.9 Å². The number of rotatable bonds is 16. The van der Waals surface area contributed by atoms with Gasteiger partial charge in [-0.25, -0.2) is 20.1 Å². The fourth-order valence-corrected chi connectivity index (χ4v) is 7.92. The maximum atomic E-state index is 14.5. The molecule has 0 spiro atoms. The molecular formula is C28H48N7O8PS. The molecule has 1 aliphatic rings. The number of aromatic nitrogens is 4. The summed E-state index contributed by atoms with van der Waals surface area (Å²) in [4.78, 5) is 38.5. The van der Waals surface area contributed by atoms with Gasteiger partial charge in [0, 0.05) is 6.42 Å². The van der Waals surface area contributed by atoms with Crippen LogP contribution in [0.4, 0.5) is 5.95 Å². The molecule has 6 unspecified atom stereocenters. The van der Waals surface area contributed by atoms with Crippen LogP contribution in [0.5, 0.6) is 0 Å². The van der Waals surface area contributed by atoms with E-state index in [9.17, 15) is 24.4 Å². The smallest absolute Gasteiger partial charge is 0.342 e. The summed E-state index contributed by atoms with van der Waals surface area (Å²) in [6.07, 6.45) is 0.717. The van der Waals surface area contributed by atoms with Gasteiger partial charge in [-0.15, -0.1) is 11.8 Å². The maximum Gasteiger partial charge on any atom is 0.342 e.